The summed E-state index contributed by atoms with van der Waals surface area (Å²) in [5.41, 5.74) is 8.65. The van der Waals surface area contributed by atoms with Crippen LogP contribution in [0.15, 0.2) is 36.4 Å². The Labute approximate surface area is 219 Å². The second-order valence-electron chi connectivity index (χ2n) is 9.71. The highest BCUT2D eigenvalue weighted by atomic mass is 16.5. The van der Waals surface area contributed by atoms with Crippen LogP contribution in [-0.2, 0) is 9.53 Å². The lowest BCUT2D eigenvalue weighted by atomic mass is 9.97. The van der Waals surface area contributed by atoms with Crippen molar-refractivity contribution in [3.8, 4) is 0 Å². The Bertz CT molecular complexity index is 1360. The second-order valence-corrected chi connectivity index (χ2v) is 9.71. The molecule has 0 spiro atoms. The van der Waals surface area contributed by atoms with Gasteiger partial charge in [0.05, 0.1) is 29.1 Å². The zero-order valence-electron chi connectivity index (χ0n) is 23.3. The normalized spacial score (nSPS) is 10.7. The van der Waals surface area contributed by atoms with E-state index in [4.69, 9.17) is 4.74 Å². The minimum Gasteiger partial charge on any atom is -0.462 e. The van der Waals surface area contributed by atoms with Crippen molar-refractivity contribution in [3.05, 3.63) is 86.5 Å². The number of benzene rings is 3. The predicted octanol–water partition coefficient (Wildman–Crippen LogP) is 6.96. The van der Waals surface area contributed by atoms with Crippen LogP contribution < -0.4 is 10.2 Å². The molecule has 37 heavy (non-hydrogen) atoms. The van der Waals surface area contributed by atoms with Gasteiger partial charge in [0.25, 0.3) is 5.91 Å². The zero-order valence-corrected chi connectivity index (χ0v) is 23.3. The SMILES string of the molecule is CCOC(=O)c1c(C(=O)N(C(C)=O)c2c(C)cc(C)cc2C)ccc(C)c1Nc1c(C)cc(C)cc1C. The summed E-state index contributed by atoms with van der Waals surface area (Å²) in [4.78, 5) is 41.5. The van der Waals surface area contributed by atoms with Gasteiger partial charge < -0.3 is 10.1 Å². The molecule has 0 unspecified atom stereocenters. The molecule has 194 valence electrons. The van der Waals surface area contributed by atoms with Gasteiger partial charge in [0, 0.05) is 12.6 Å². The van der Waals surface area contributed by atoms with E-state index in [0.717, 1.165) is 49.5 Å². The third-order valence-corrected chi connectivity index (χ3v) is 6.43. The first-order valence-corrected chi connectivity index (χ1v) is 12.5. The van der Waals surface area contributed by atoms with Gasteiger partial charge in [-0.15, -0.1) is 0 Å². The van der Waals surface area contributed by atoms with Crippen LogP contribution in [0.1, 0.15) is 73.5 Å². The lowest BCUT2D eigenvalue weighted by Crippen LogP contribution is -2.37. The highest BCUT2D eigenvalue weighted by Gasteiger charge is 2.31. The molecule has 0 aromatic heterocycles. The average molecular weight is 501 g/mol. The van der Waals surface area contributed by atoms with Gasteiger partial charge in [-0.2, -0.15) is 0 Å². The van der Waals surface area contributed by atoms with Crippen LogP contribution in [0.5, 0.6) is 0 Å². The Morgan fingerprint density at radius 2 is 1.27 bits per heavy atom. The van der Waals surface area contributed by atoms with Gasteiger partial charge in [-0.3, -0.25) is 9.59 Å². The minimum atomic E-state index is -0.625. The molecule has 0 aliphatic heterocycles. The summed E-state index contributed by atoms with van der Waals surface area (Å²) in [7, 11) is 0. The van der Waals surface area contributed by atoms with Gasteiger partial charge in [-0.1, -0.05) is 41.5 Å². The number of amides is 2. The Balaban J connectivity index is 2.27. The topological polar surface area (TPSA) is 75.7 Å². The highest BCUT2D eigenvalue weighted by molar-refractivity contribution is 6.24. The summed E-state index contributed by atoms with van der Waals surface area (Å²) in [5.74, 6) is -1.64. The molecule has 2 amide bonds. The van der Waals surface area contributed by atoms with E-state index in [9.17, 15) is 14.4 Å². The van der Waals surface area contributed by atoms with Gasteiger partial charge in [0.15, 0.2) is 0 Å². The molecule has 6 heteroatoms. The third kappa shape index (κ3) is 5.58. The molecular formula is C31H36N2O4. The Morgan fingerprint density at radius 1 is 0.757 bits per heavy atom. The largest absolute Gasteiger partial charge is 0.462 e. The van der Waals surface area contributed by atoms with E-state index in [1.165, 1.54) is 6.92 Å². The summed E-state index contributed by atoms with van der Waals surface area (Å²) in [6.45, 7) is 16.8. The molecule has 0 bridgehead atoms. The second kappa shape index (κ2) is 11.0. The molecule has 0 saturated heterocycles. The molecule has 0 saturated carbocycles. The quantitative estimate of drug-likeness (QED) is 0.370. The van der Waals surface area contributed by atoms with Gasteiger partial charge in [0.1, 0.15) is 0 Å². The number of esters is 1. The van der Waals surface area contributed by atoms with E-state index in [2.05, 4.69) is 17.4 Å². The first kappa shape index (κ1) is 27.7. The van der Waals surface area contributed by atoms with Crippen molar-refractivity contribution >= 4 is 34.8 Å². The molecule has 6 nitrogen and oxygen atoms in total. The fraction of sp³-hybridized carbons (Fsp3) is 0.323. The molecule has 0 fully saturated rings. The molecule has 3 aromatic rings. The number of aryl methyl sites for hydroxylation is 7. The maximum absolute atomic E-state index is 14.1. The summed E-state index contributed by atoms with van der Waals surface area (Å²) >= 11 is 0. The predicted molar refractivity (Wildman–Crippen MR) is 149 cm³/mol. The first-order valence-electron chi connectivity index (χ1n) is 12.5. The fourth-order valence-corrected chi connectivity index (χ4v) is 5.01. The fourth-order valence-electron chi connectivity index (χ4n) is 5.01. The zero-order chi connectivity index (χ0) is 27.6. The number of hydrogen-bond acceptors (Lipinski definition) is 5. The van der Waals surface area contributed by atoms with Crippen LogP contribution in [0.2, 0.25) is 0 Å². The van der Waals surface area contributed by atoms with Crippen molar-refractivity contribution in [2.24, 2.45) is 0 Å². The molecule has 3 rings (SSSR count). The van der Waals surface area contributed by atoms with E-state index in [1.807, 2.05) is 60.6 Å². The summed E-state index contributed by atoms with van der Waals surface area (Å²) in [5, 5.41) is 3.42. The molecule has 3 aromatic carbocycles. The number of nitrogens with one attached hydrogen (secondary N) is 1. The van der Waals surface area contributed by atoms with E-state index >= 15 is 0 Å². The van der Waals surface area contributed by atoms with Crippen molar-refractivity contribution in [3.63, 3.8) is 0 Å². The summed E-state index contributed by atoms with van der Waals surface area (Å²) < 4.78 is 5.41. The summed E-state index contributed by atoms with van der Waals surface area (Å²) in [6, 6.07) is 11.4. The van der Waals surface area contributed by atoms with Crippen LogP contribution in [0, 0.1) is 48.5 Å². The maximum Gasteiger partial charge on any atom is 0.341 e. The lowest BCUT2D eigenvalue weighted by molar-refractivity contribution is -0.116. The monoisotopic (exact) mass is 500 g/mol. The number of rotatable bonds is 6. The van der Waals surface area contributed by atoms with Gasteiger partial charge >= 0.3 is 5.97 Å². The van der Waals surface area contributed by atoms with E-state index < -0.39 is 17.8 Å². The number of carbonyl (C=O) groups excluding carboxylic acids is 3. The molecule has 1 N–H and O–H groups in total. The lowest BCUT2D eigenvalue weighted by Gasteiger charge is -2.26. The van der Waals surface area contributed by atoms with Gasteiger partial charge in [-0.25, -0.2) is 9.69 Å². The van der Waals surface area contributed by atoms with Crippen molar-refractivity contribution < 1.29 is 19.1 Å². The van der Waals surface area contributed by atoms with Crippen LogP contribution in [0.3, 0.4) is 0 Å². The summed E-state index contributed by atoms with van der Waals surface area (Å²) in [6.07, 6.45) is 0. The van der Waals surface area contributed by atoms with Gasteiger partial charge in [-0.05, 0) is 89.3 Å². The number of carbonyl (C=O) groups is 3. The molecule has 0 radical (unpaired) electrons. The Morgan fingerprint density at radius 3 is 1.76 bits per heavy atom. The van der Waals surface area contributed by atoms with E-state index in [-0.39, 0.29) is 17.7 Å². The van der Waals surface area contributed by atoms with E-state index in [1.54, 1.807) is 19.1 Å². The Hall–Kier alpha value is -3.93. The number of ether oxygens (including phenoxy) is 1. The van der Waals surface area contributed by atoms with Crippen LogP contribution >= 0.6 is 0 Å². The van der Waals surface area contributed by atoms with Crippen molar-refractivity contribution in [1.29, 1.82) is 0 Å². The average Bonchev–Trinajstić information content (AvgIpc) is 2.78. The Kier molecular flexibility index (Phi) is 8.22. The number of nitrogens with zero attached hydrogens (tertiary/aromatic N) is 1. The molecule has 0 heterocycles. The minimum absolute atomic E-state index is 0.101. The maximum atomic E-state index is 14.1. The molecule has 0 atom stereocenters. The standard InChI is InChI=1S/C31H36N2O4/c1-10-37-31(36)26-25(30(35)33(24(9)34)29-22(7)15-18(3)16-23(29)8)12-11-19(4)28(26)32-27-20(5)13-17(2)14-21(27)6/h11-16,32H,10H2,1-9H3. The molecule has 0 aliphatic rings. The van der Waals surface area contributed by atoms with Gasteiger partial charge in [0.2, 0.25) is 5.91 Å². The van der Waals surface area contributed by atoms with Crippen LogP contribution in [0.4, 0.5) is 17.1 Å². The molecular weight excluding hydrogens is 464 g/mol. The van der Waals surface area contributed by atoms with Crippen molar-refractivity contribution in [1.82, 2.24) is 0 Å². The van der Waals surface area contributed by atoms with Crippen molar-refractivity contribution in [2.45, 2.75) is 62.3 Å². The van der Waals surface area contributed by atoms with E-state index in [0.29, 0.717) is 11.4 Å². The highest BCUT2D eigenvalue weighted by Crippen LogP contribution is 2.35. The number of anilines is 3. The third-order valence-electron chi connectivity index (χ3n) is 6.43. The number of imide groups is 1. The smallest absolute Gasteiger partial charge is 0.341 e. The molecule has 0 aliphatic carbocycles. The number of hydrogen-bond donors (Lipinski definition) is 1. The van der Waals surface area contributed by atoms with Crippen LogP contribution in [-0.4, -0.2) is 24.4 Å². The van der Waals surface area contributed by atoms with Crippen LogP contribution in [0.25, 0.3) is 0 Å². The van der Waals surface area contributed by atoms with Crippen molar-refractivity contribution in [2.75, 3.05) is 16.8 Å². The first-order chi connectivity index (χ1) is 17.4.